The average molecular weight is 354 g/mol. The maximum Gasteiger partial charge on any atom is 0.258 e. The van der Waals surface area contributed by atoms with Crippen LogP contribution < -0.4 is 5.56 Å². The Balaban J connectivity index is 1.63. The third kappa shape index (κ3) is 3.20. The minimum absolute atomic E-state index is 0.139. The second-order valence-corrected chi connectivity index (χ2v) is 7.13. The van der Waals surface area contributed by atoms with Crippen LogP contribution in [0, 0.1) is 0 Å². The third-order valence-corrected chi connectivity index (χ3v) is 5.22. The molecule has 1 aliphatic carbocycles. The number of nitrogens with one attached hydrogen (secondary N) is 1. The van der Waals surface area contributed by atoms with E-state index >= 15 is 0 Å². The highest BCUT2D eigenvalue weighted by Crippen LogP contribution is 2.33. The monoisotopic (exact) mass is 353 g/mol. The molecule has 0 aliphatic heterocycles. The number of hydrogen-bond acceptors (Lipinski definition) is 3. The van der Waals surface area contributed by atoms with Gasteiger partial charge in [0.15, 0.2) is 0 Å². The summed E-state index contributed by atoms with van der Waals surface area (Å²) in [5.74, 6) is 0.686. The van der Waals surface area contributed by atoms with Gasteiger partial charge >= 0.3 is 0 Å². The molecule has 0 unspecified atom stereocenters. The molecule has 1 atom stereocenters. The fourth-order valence-corrected chi connectivity index (χ4v) is 3.94. The van der Waals surface area contributed by atoms with Crippen molar-refractivity contribution in [2.75, 3.05) is 7.05 Å². The van der Waals surface area contributed by atoms with Gasteiger partial charge in [-0.15, -0.1) is 0 Å². The molecule has 25 heavy (non-hydrogen) atoms. The Bertz CT molecular complexity index is 982. The van der Waals surface area contributed by atoms with Crippen LogP contribution in [0.4, 0.5) is 0 Å². The van der Waals surface area contributed by atoms with Gasteiger partial charge in [-0.2, -0.15) is 0 Å². The number of aromatic nitrogens is 2. The Kier molecular flexibility index (Phi) is 4.32. The lowest BCUT2D eigenvalue weighted by atomic mass is 9.87. The number of aromatic amines is 1. The molecule has 3 aromatic rings. The molecule has 1 aliphatic rings. The average Bonchev–Trinajstić information content (AvgIpc) is 2.62. The van der Waals surface area contributed by atoms with E-state index in [0.29, 0.717) is 34.3 Å². The van der Waals surface area contributed by atoms with Crippen LogP contribution in [0.3, 0.4) is 0 Å². The number of halogens is 1. The Hall–Kier alpha value is -2.17. The summed E-state index contributed by atoms with van der Waals surface area (Å²) in [5, 5.41) is 1.07. The quantitative estimate of drug-likeness (QED) is 0.771. The SMILES string of the molecule is CN(Cc1nc2ccc(Cl)cc2c(=O)[nH]1)[C@@H]1CCCc2ccccc21. The number of fused-ring (bicyclic) bond motifs is 2. The maximum absolute atomic E-state index is 12.3. The predicted molar refractivity (Wildman–Crippen MR) is 101 cm³/mol. The molecular weight excluding hydrogens is 334 g/mol. The van der Waals surface area contributed by atoms with Crippen molar-refractivity contribution >= 4 is 22.5 Å². The van der Waals surface area contributed by atoms with E-state index in [1.54, 1.807) is 18.2 Å². The first kappa shape index (κ1) is 16.3. The van der Waals surface area contributed by atoms with E-state index in [4.69, 9.17) is 11.6 Å². The summed E-state index contributed by atoms with van der Waals surface area (Å²) < 4.78 is 0. The fraction of sp³-hybridized carbons (Fsp3) is 0.300. The molecule has 0 fully saturated rings. The van der Waals surface area contributed by atoms with E-state index in [9.17, 15) is 4.79 Å². The highest BCUT2D eigenvalue weighted by Gasteiger charge is 2.23. The van der Waals surface area contributed by atoms with Gasteiger partial charge in [0.2, 0.25) is 0 Å². The second-order valence-electron chi connectivity index (χ2n) is 6.70. The third-order valence-electron chi connectivity index (χ3n) is 4.99. The molecule has 1 N–H and O–H groups in total. The summed E-state index contributed by atoms with van der Waals surface area (Å²) in [6.07, 6.45) is 3.46. The minimum atomic E-state index is -0.139. The summed E-state index contributed by atoms with van der Waals surface area (Å²) in [7, 11) is 2.10. The van der Waals surface area contributed by atoms with Crippen molar-refractivity contribution in [2.24, 2.45) is 0 Å². The van der Waals surface area contributed by atoms with Gasteiger partial charge in [-0.3, -0.25) is 9.69 Å². The number of H-pyrrole nitrogens is 1. The topological polar surface area (TPSA) is 49.0 Å². The van der Waals surface area contributed by atoms with Crippen molar-refractivity contribution in [3.05, 3.63) is 74.8 Å². The maximum atomic E-state index is 12.3. The highest BCUT2D eigenvalue weighted by molar-refractivity contribution is 6.31. The first-order chi connectivity index (χ1) is 12.1. The zero-order valence-electron chi connectivity index (χ0n) is 14.1. The van der Waals surface area contributed by atoms with Crippen LogP contribution in [0.2, 0.25) is 5.02 Å². The number of benzene rings is 2. The molecule has 0 amide bonds. The number of rotatable bonds is 3. The molecule has 0 bridgehead atoms. The molecule has 4 rings (SSSR count). The molecule has 0 radical (unpaired) electrons. The highest BCUT2D eigenvalue weighted by atomic mass is 35.5. The molecule has 1 heterocycles. The van der Waals surface area contributed by atoms with Crippen LogP contribution >= 0.6 is 11.6 Å². The Morgan fingerprint density at radius 2 is 2.12 bits per heavy atom. The largest absolute Gasteiger partial charge is 0.309 e. The first-order valence-corrected chi connectivity index (χ1v) is 8.96. The van der Waals surface area contributed by atoms with E-state index in [-0.39, 0.29) is 5.56 Å². The van der Waals surface area contributed by atoms with Crippen LogP contribution in [0.15, 0.2) is 47.3 Å². The van der Waals surface area contributed by atoms with Gasteiger partial charge in [-0.25, -0.2) is 4.98 Å². The van der Waals surface area contributed by atoms with Crippen LogP contribution in [-0.2, 0) is 13.0 Å². The molecule has 0 saturated carbocycles. The van der Waals surface area contributed by atoms with Crippen molar-refractivity contribution in [2.45, 2.75) is 31.8 Å². The summed E-state index contributed by atoms with van der Waals surface area (Å²) in [4.78, 5) is 22.1. The van der Waals surface area contributed by atoms with E-state index in [1.807, 2.05) is 0 Å². The zero-order valence-corrected chi connectivity index (χ0v) is 14.9. The lowest BCUT2D eigenvalue weighted by Crippen LogP contribution is -2.29. The fourth-order valence-electron chi connectivity index (χ4n) is 3.77. The number of hydrogen-bond donors (Lipinski definition) is 1. The van der Waals surface area contributed by atoms with Crippen LogP contribution in [0.5, 0.6) is 0 Å². The smallest absolute Gasteiger partial charge is 0.258 e. The van der Waals surface area contributed by atoms with Crippen molar-refractivity contribution in [1.29, 1.82) is 0 Å². The van der Waals surface area contributed by atoms with Crippen molar-refractivity contribution in [3.8, 4) is 0 Å². The number of aryl methyl sites for hydroxylation is 1. The van der Waals surface area contributed by atoms with Gasteiger partial charge in [0, 0.05) is 11.1 Å². The lowest BCUT2D eigenvalue weighted by Gasteiger charge is -2.33. The zero-order chi connectivity index (χ0) is 17.4. The van der Waals surface area contributed by atoms with Gasteiger partial charge in [-0.1, -0.05) is 35.9 Å². The summed E-state index contributed by atoms with van der Waals surface area (Å²) in [6.45, 7) is 0.604. The molecule has 128 valence electrons. The van der Waals surface area contributed by atoms with Gasteiger partial charge < -0.3 is 4.98 Å². The molecular formula is C20H20ClN3O. The van der Waals surface area contributed by atoms with Crippen molar-refractivity contribution < 1.29 is 0 Å². The first-order valence-electron chi connectivity index (χ1n) is 8.58. The summed E-state index contributed by atoms with van der Waals surface area (Å²) in [6, 6.07) is 14.2. The Morgan fingerprint density at radius 1 is 1.28 bits per heavy atom. The standard InChI is InChI=1S/C20H20ClN3O/c1-24(18-8-4-6-13-5-2-3-7-15(13)18)12-19-22-17-10-9-14(21)11-16(17)20(25)23-19/h2-3,5,7,9-11,18H,4,6,8,12H2,1H3,(H,22,23,25)/t18-/m1/s1. The van der Waals surface area contributed by atoms with Crippen LogP contribution in [-0.4, -0.2) is 21.9 Å². The minimum Gasteiger partial charge on any atom is -0.309 e. The molecule has 0 spiro atoms. The van der Waals surface area contributed by atoms with E-state index in [0.717, 1.165) is 12.8 Å². The predicted octanol–water partition coefficient (Wildman–Crippen LogP) is 4.09. The van der Waals surface area contributed by atoms with Crippen LogP contribution in [0.25, 0.3) is 10.9 Å². The van der Waals surface area contributed by atoms with Crippen molar-refractivity contribution in [1.82, 2.24) is 14.9 Å². The molecule has 5 heteroatoms. The second kappa shape index (κ2) is 6.62. The normalized spacial score (nSPS) is 17.0. The van der Waals surface area contributed by atoms with Gasteiger partial charge in [-0.05, 0) is 55.6 Å². The van der Waals surface area contributed by atoms with E-state index in [2.05, 4.69) is 46.2 Å². The lowest BCUT2D eigenvalue weighted by molar-refractivity contribution is 0.208. The van der Waals surface area contributed by atoms with Crippen LogP contribution in [0.1, 0.15) is 35.8 Å². The van der Waals surface area contributed by atoms with Gasteiger partial charge in [0.05, 0.1) is 17.4 Å². The molecule has 4 nitrogen and oxygen atoms in total. The van der Waals surface area contributed by atoms with Gasteiger partial charge in [0.1, 0.15) is 5.82 Å². The Morgan fingerprint density at radius 3 is 3.00 bits per heavy atom. The summed E-state index contributed by atoms with van der Waals surface area (Å²) in [5.41, 5.74) is 3.37. The van der Waals surface area contributed by atoms with E-state index < -0.39 is 0 Å². The Labute approximate surface area is 151 Å². The van der Waals surface area contributed by atoms with Gasteiger partial charge in [0.25, 0.3) is 5.56 Å². The van der Waals surface area contributed by atoms with E-state index in [1.165, 1.54) is 17.5 Å². The molecule has 2 aromatic carbocycles. The van der Waals surface area contributed by atoms with Crippen molar-refractivity contribution in [3.63, 3.8) is 0 Å². The molecule has 0 saturated heterocycles. The number of nitrogens with zero attached hydrogens (tertiary/aromatic N) is 2. The molecule has 1 aromatic heterocycles. The summed E-state index contributed by atoms with van der Waals surface area (Å²) >= 11 is 5.98.